The molecule has 0 aliphatic carbocycles. The summed E-state index contributed by atoms with van der Waals surface area (Å²) in [7, 11) is 0. The van der Waals surface area contributed by atoms with Gasteiger partial charge in [0.1, 0.15) is 11.6 Å². The van der Waals surface area contributed by atoms with Gasteiger partial charge in [-0.05, 0) is 59.3 Å². The van der Waals surface area contributed by atoms with Gasteiger partial charge in [0.05, 0.1) is 34.9 Å². The van der Waals surface area contributed by atoms with Gasteiger partial charge in [-0.2, -0.15) is 0 Å². The molecule has 1 aromatic rings. The van der Waals surface area contributed by atoms with Crippen molar-refractivity contribution >= 4 is 29.2 Å². The van der Waals surface area contributed by atoms with Gasteiger partial charge in [0, 0.05) is 18.3 Å². The Kier molecular flexibility index (Phi) is 13.8. The smallest absolute Gasteiger partial charge is 0.408 e. The zero-order chi connectivity index (χ0) is 30.0. The number of aromatic nitrogens is 1. The summed E-state index contributed by atoms with van der Waals surface area (Å²) in [6.45, 7) is 16.7. The van der Waals surface area contributed by atoms with Crippen LogP contribution in [0, 0.1) is 17.8 Å². The van der Waals surface area contributed by atoms with Gasteiger partial charge in [0.2, 0.25) is 11.8 Å². The fraction of sp³-hybridized carbons (Fsp3) is 0.786. The van der Waals surface area contributed by atoms with Crippen LogP contribution in [0.5, 0.6) is 0 Å². The van der Waals surface area contributed by atoms with E-state index in [2.05, 4.69) is 20.9 Å². The van der Waals surface area contributed by atoms with Crippen molar-refractivity contribution in [1.29, 1.82) is 0 Å². The topological polar surface area (TPSA) is 150 Å². The van der Waals surface area contributed by atoms with Crippen LogP contribution in [-0.4, -0.2) is 69.0 Å². The van der Waals surface area contributed by atoms with Crippen molar-refractivity contribution < 1.29 is 29.3 Å². The van der Waals surface area contributed by atoms with Gasteiger partial charge in [-0.3, -0.25) is 9.59 Å². The highest BCUT2D eigenvalue weighted by Gasteiger charge is 2.38. The summed E-state index contributed by atoms with van der Waals surface area (Å²) >= 11 is 1.38. The molecule has 0 bridgehead atoms. The lowest BCUT2D eigenvalue weighted by molar-refractivity contribution is -0.135. The first-order valence-electron chi connectivity index (χ1n) is 13.8. The largest absolute Gasteiger partial charge is 0.444 e. The summed E-state index contributed by atoms with van der Waals surface area (Å²) < 4.78 is 5.35. The molecule has 0 saturated heterocycles. The number of aliphatic hydroxyl groups is 2. The monoisotopic (exact) mass is 570 g/mol. The number of nitrogens with one attached hydrogen (secondary N) is 3. The Morgan fingerprint density at radius 2 is 1.69 bits per heavy atom. The number of hydrogen-bond donors (Lipinski definition) is 5. The Morgan fingerprint density at radius 3 is 2.18 bits per heavy atom. The first-order chi connectivity index (χ1) is 17.9. The summed E-state index contributed by atoms with van der Waals surface area (Å²) in [5, 5.41) is 32.2. The molecule has 1 unspecified atom stereocenters. The Hall–Kier alpha value is -2.24. The molecular weight excluding hydrogens is 520 g/mol. The number of hydrogen-bond acceptors (Lipinski definition) is 8. The Bertz CT molecular complexity index is 895. The molecule has 11 heteroatoms. The fourth-order valence-electron chi connectivity index (χ4n) is 3.97. The highest BCUT2D eigenvalue weighted by Crippen LogP contribution is 2.25. The predicted octanol–water partition coefficient (Wildman–Crippen LogP) is 3.41. The minimum atomic E-state index is -1.39. The van der Waals surface area contributed by atoms with Crippen LogP contribution >= 0.6 is 11.3 Å². The number of nitrogens with zero attached hydrogens (tertiary/aromatic N) is 1. The summed E-state index contributed by atoms with van der Waals surface area (Å²) in [6, 6.07) is -1.71. The van der Waals surface area contributed by atoms with Crippen LogP contribution < -0.4 is 16.0 Å². The van der Waals surface area contributed by atoms with E-state index in [9.17, 15) is 24.6 Å². The molecule has 0 aliphatic heterocycles. The number of amides is 3. The van der Waals surface area contributed by atoms with Crippen LogP contribution in [0.15, 0.2) is 10.9 Å². The van der Waals surface area contributed by atoms with Crippen LogP contribution in [0.2, 0.25) is 0 Å². The van der Waals surface area contributed by atoms with Gasteiger partial charge in [-0.25, -0.2) is 9.78 Å². The van der Waals surface area contributed by atoms with Gasteiger partial charge < -0.3 is 30.9 Å². The van der Waals surface area contributed by atoms with Crippen LogP contribution in [0.4, 0.5) is 4.79 Å². The van der Waals surface area contributed by atoms with Crippen molar-refractivity contribution in [2.45, 2.75) is 117 Å². The lowest BCUT2D eigenvalue weighted by Crippen LogP contribution is -2.55. The van der Waals surface area contributed by atoms with E-state index in [1.807, 2.05) is 27.7 Å². The molecule has 5 N–H and O–H groups in total. The predicted molar refractivity (Wildman–Crippen MR) is 153 cm³/mol. The highest BCUT2D eigenvalue weighted by molar-refractivity contribution is 7.07. The number of aliphatic hydroxyl groups excluding tert-OH is 1. The molecule has 0 saturated carbocycles. The SMILES string of the molecule is CCC(C)CNC(=O)[C@@H](C[C@H](O)[C@H](CC(C)C)NC(=O)[C@H](Cc1cscn1)NC(=O)OC(C)(C)C)C(C)(C)O. The molecule has 3 amide bonds. The quantitative estimate of drug-likeness (QED) is 0.217. The minimum absolute atomic E-state index is 0.0518. The van der Waals surface area contributed by atoms with Crippen LogP contribution in [-0.2, 0) is 20.7 Å². The first kappa shape index (κ1) is 34.8. The number of rotatable bonds is 15. The van der Waals surface area contributed by atoms with E-state index in [4.69, 9.17) is 4.74 Å². The fourth-order valence-corrected chi connectivity index (χ4v) is 4.55. The van der Waals surface area contributed by atoms with Gasteiger partial charge in [0.15, 0.2) is 0 Å². The Labute approximate surface area is 237 Å². The third-order valence-electron chi connectivity index (χ3n) is 6.39. The zero-order valence-corrected chi connectivity index (χ0v) is 25.9. The summed E-state index contributed by atoms with van der Waals surface area (Å²) in [5.41, 5.74) is 0.144. The summed E-state index contributed by atoms with van der Waals surface area (Å²) in [6.07, 6.45) is -0.441. The average Bonchev–Trinajstić information content (AvgIpc) is 3.30. The van der Waals surface area contributed by atoms with Gasteiger partial charge in [-0.15, -0.1) is 11.3 Å². The van der Waals surface area contributed by atoms with Crippen molar-refractivity contribution in [3.63, 3.8) is 0 Å². The maximum atomic E-state index is 13.4. The highest BCUT2D eigenvalue weighted by atomic mass is 32.1. The maximum absolute atomic E-state index is 13.4. The third kappa shape index (κ3) is 13.6. The first-order valence-corrected chi connectivity index (χ1v) is 14.7. The second-order valence-electron chi connectivity index (χ2n) is 12.4. The van der Waals surface area contributed by atoms with Gasteiger partial charge in [-0.1, -0.05) is 34.1 Å². The van der Waals surface area contributed by atoms with Crippen LogP contribution in [0.25, 0.3) is 0 Å². The molecule has 224 valence electrons. The molecule has 1 rings (SSSR count). The number of carbonyl (C=O) groups is 3. The van der Waals surface area contributed by atoms with E-state index in [1.165, 1.54) is 25.2 Å². The molecule has 0 spiro atoms. The number of thiazole rings is 1. The van der Waals surface area contributed by atoms with E-state index in [0.717, 1.165) is 6.42 Å². The second-order valence-corrected chi connectivity index (χ2v) is 13.1. The molecule has 0 fully saturated rings. The van der Waals surface area contributed by atoms with Crippen LogP contribution in [0.3, 0.4) is 0 Å². The second kappa shape index (κ2) is 15.5. The van der Waals surface area contributed by atoms with Crippen molar-refractivity contribution in [1.82, 2.24) is 20.9 Å². The Balaban J connectivity index is 3.10. The average molecular weight is 571 g/mol. The van der Waals surface area contributed by atoms with E-state index in [-0.39, 0.29) is 30.6 Å². The van der Waals surface area contributed by atoms with E-state index < -0.39 is 47.3 Å². The summed E-state index contributed by atoms with van der Waals surface area (Å²) in [4.78, 5) is 43.2. The molecule has 10 nitrogen and oxygen atoms in total. The standard InChI is InChI=1S/C28H50N4O6S/c1-10-18(4)14-29-24(34)20(28(8,9)37)13-23(33)21(11-17(2)3)31-25(35)22(12-19-15-39-16-30-19)32-26(36)38-27(5,6)7/h15-18,20-23,33,37H,10-14H2,1-9H3,(H,29,34)(H,31,35)(H,32,36)/t18?,20-,21+,22+,23+/m1/s1. The maximum Gasteiger partial charge on any atom is 0.408 e. The van der Waals surface area contributed by atoms with Crippen molar-refractivity contribution in [2.75, 3.05) is 6.54 Å². The molecule has 5 atom stereocenters. The molecule has 0 aliphatic rings. The van der Waals surface area contributed by atoms with Crippen molar-refractivity contribution in [3.8, 4) is 0 Å². The third-order valence-corrected chi connectivity index (χ3v) is 7.03. The van der Waals surface area contributed by atoms with Gasteiger partial charge >= 0.3 is 6.09 Å². The van der Waals surface area contributed by atoms with E-state index in [0.29, 0.717) is 18.7 Å². The van der Waals surface area contributed by atoms with Gasteiger partial charge in [0.25, 0.3) is 0 Å². The van der Waals surface area contributed by atoms with E-state index in [1.54, 1.807) is 31.7 Å². The zero-order valence-electron chi connectivity index (χ0n) is 25.0. The number of alkyl carbamates (subject to hydrolysis) is 1. The van der Waals surface area contributed by atoms with Crippen LogP contribution in [0.1, 0.15) is 87.3 Å². The molecular formula is C28H50N4O6S. The minimum Gasteiger partial charge on any atom is -0.444 e. The van der Waals surface area contributed by atoms with E-state index >= 15 is 0 Å². The molecule has 0 aromatic carbocycles. The summed E-state index contributed by atoms with van der Waals surface area (Å²) in [5.74, 6) is -1.35. The van der Waals surface area contributed by atoms with Crippen molar-refractivity contribution in [2.24, 2.45) is 17.8 Å². The molecule has 1 heterocycles. The molecule has 1 aromatic heterocycles. The molecule has 0 radical (unpaired) electrons. The number of ether oxygens (including phenoxy) is 1. The number of carbonyl (C=O) groups excluding carboxylic acids is 3. The normalized spacial score (nSPS) is 16.1. The molecule has 39 heavy (non-hydrogen) atoms. The lowest BCUT2D eigenvalue weighted by atomic mass is 9.82. The lowest BCUT2D eigenvalue weighted by Gasteiger charge is -2.34. The van der Waals surface area contributed by atoms with Crippen molar-refractivity contribution in [3.05, 3.63) is 16.6 Å². The Morgan fingerprint density at radius 1 is 1.05 bits per heavy atom.